The number of carboxylic acid groups (broad SMARTS) is 1. The van der Waals surface area contributed by atoms with Crippen LogP contribution in [0.3, 0.4) is 0 Å². The first-order valence-electron chi connectivity index (χ1n) is 36.0. The molecule has 4 saturated carbocycles. The second-order valence-corrected chi connectivity index (χ2v) is 32.4. The molecule has 2 aliphatic heterocycles. The maximum atomic E-state index is 14.1. The van der Waals surface area contributed by atoms with E-state index in [2.05, 4.69) is 40.1 Å². The molecule has 0 spiro atoms. The number of hydrogen-bond donors (Lipinski definition) is 8. The van der Waals surface area contributed by atoms with E-state index < -0.39 is 81.2 Å². The second-order valence-electron chi connectivity index (χ2n) is 29.8. The van der Waals surface area contributed by atoms with Crippen molar-refractivity contribution in [2.75, 3.05) is 60.3 Å². The van der Waals surface area contributed by atoms with E-state index >= 15 is 0 Å². The van der Waals surface area contributed by atoms with Crippen molar-refractivity contribution in [1.29, 1.82) is 0 Å². The Balaban J connectivity index is 0.674. The number of primary amides is 1. The van der Waals surface area contributed by atoms with Crippen LogP contribution in [0.25, 0.3) is 21.3 Å². The number of amides is 9. The Bertz CT molecular complexity index is 4430. The number of hydrogen-bond acceptors (Lipinski definition) is 20. The molecular formula is C75H93N13O16S2. The van der Waals surface area contributed by atoms with Crippen molar-refractivity contribution < 1.29 is 75.4 Å². The van der Waals surface area contributed by atoms with Crippen molar-refractivity contribution in [3.8, 4) is 16.9 Å². The fourth-order valence-electron chi connectivity index (χ4n) is 17.1. The van der Waals surface area contributed by atoms with Gasteiger partial charge in [-0.1, -0.05) is 69.7 Å². The van der Waals surface area contributed by atoms with Gasteiger partial charge in [-0.05, 0) is 179 Å². The minimum atomic E-state index is -4.20. The number of nitrogens with one attached hydrogen (secondary N) is 4. The summed E-state index contributed by atoms with van der Waals surface area (Å²) < 4.78 is 53.7. The van der Waals surface area contributed by atoms with Gasteiger partial charge in [-0.3, -0.25) is 48.2 Å². The summed E-state index contributed by atoms with van der Waals surface area (Å²) in [7, 11) is -4.20. The van der Waals surface area contributed by atoms with Gasteiger partial charge in [0.05, 0.1) is 40.1 Å². The second kappa shape index (κ2) is 32.6. The molecule has 3 aromatic heterocycles. The molecule has 4 aliphatic carbocycles. The first kappa shape index (κ1) is 77.4. The Kier molecular flexibility index (Phi) is 23.8. The summed E-state index contributed by atoms with van der Waals surface area (Å²) in [6, 6.07) is 17.1. The molecule has 4 fully saturated rings. The van der Waals surface area contributed by atoms with Crippen LogP contribution in [0.15, 0.2) is 91.1 Å². The number of thiazole rings is 1. The number of nitrogens with two attached hydrogens (primary N) is 2. The summed E-state index contributed by atoms with van der Waals surface area (Å²) in [5.41, 5.74) is 15.7. The fraction of sp³-hybridized carbons (Fsp3) is 0.493. The van der Waals surface area contributed by atoms with E-state index in [1.54, 1.807) is 56.4 Å². The van der Waals surface area contributed by atoms with E-state index in [1.165, 1.54) is 35.6 Å². The highest BCUT2D eigenvalue weighted by atomic mass is 32.2. The number of anilines is 3. The predicted molar refractivity (Wildman–Crippen MR) is 395 cm³/mol. The first-order valence-corrected chi connectivity index (χ1v) is 38.4. The van der Waals surface area contributed by atoms with Gasteiger partial charge in [-0.2, -0.15) is 13.5 Å². The van der Waals surface area contributed by atoms with Gasteiger partial charge in [0.25, 0.3) is 33.7 Å². The number of rotatable bonds is 34. The molecule has 0 radical (unpaired) electrons. The molecule has 12 rings (SSSR count). The summed E-state index contributed by atoms with van der Waals surface area (Å²) in [6.07, 6.45) is 11.9. The zero-order valence-corrected chi connectivity index (χ0v) is 61.9. The summed E-state index contributed by atoms with van der Waals surface area (Å²) in [5, 5.41) is 27.4. The van der Waals surface area contributed by atoms with Crippen molar-refractivity contribution >= 4 is 102 Å². The van der Waals surface area contributed by atoms with Crippen LogP contribution in [-0.4, -0.2) is 159 Å². The van der Waals surface area contributed by atoms with Gasteiger partial charge in [0.2, 0.25) is 11.8 Å². The van der Waals surface area contributed by atoms with E-state index in [-0.39, 0.29) is 98.1 Å². The Morgan fingerprint density at radius 2 is 1.55 bits per heavy atom. The number of para-hydroxylation sites is 1. The normalized spacial score (nSPS) is 20.7. The number of carbonyl (C=O) groups is 9. The molecule has 566 valence electrons. The molecule has 2 unspecified atom stereocenters. The molecule has 31 heteroatoms. The average molecular weight is 1500 g/mol. The highest BCUT2D eigenvalue weighted by molar-refractivity contribution is 7.85. The summed E-state index contributed by atoms with van der Waals surface area (Å²) in [5.74, 6) is -4.28. The number of alkyl carbamates (subject to hydrolysis) is 1. The number of unbranched alkanes of at least 4 members (excludes halogenated alkanes) is 2. The number of pyridine rings is 1. The molecule has 106 heavy (non-hydrogen) atoms. The van der Waals surface area contributed by atoms with E-state index in [0.717, 1.165) is 69.8 Å². The molecule has 4 bridgehead atoms. The highest BCUT2D eigenvalue weighted by Gasteiger charge is 2.66. The lowest BCUT2D eigenvalue weighted by atomic mass is 9.39. The summed E-state index contributed by atoms with van der Waals surface area (Å²) >= 11 is 1.34. The molecule has 5 heterocycles. The molecular weight excluding hydrogens is 1400 g/mol. The van der Waals surface area contributed by atoms with E-state index in [0.29, 0.717) is 103 Å². The number of nitrogens with zero attached hydrogens (tertiary/aromatic N) is 7. The number of benzene rings is 3. The Morgan fingerprint density at radius 3 is 2.24 bits per heavy atom. The molecule has 6 aliphatic rings. The lowest BCUT2D eigenvalue weighted by Crippen LogP contribution is -2.64. The van der Waals surface area contributed by atoms with Crippen LogP contribution in [0.1, 0.15) is 161 Å². The minimum Gasteiger partial charge on any atom is -0.493 e. The Labute approximate surface area is 618 Å². The maximum absolute atomic E-state index is 14.1. The average Bonchev–Trinajstić information content (AvgIpc) is 0.732. The van der Waals surface area contributed by atoms with Crippen LogP contribution >= 0.6 is 11.3 Å². The van der Waals surface area contributed by atoms with Crippen molar-refractivity contribution in [3.63, 3.8) is 0 Å². The van der Waals surface area contributed by atoms with Crippen LogP contribution in [0.4, 0.5) is 26.2 Å². The van der Waals surface area contributed by atoms with Gasteiger partial charge in [0, 0.05) is 85.9 Å². The number of fused-ring (bicyclic) bond motifs is 2. The lowest BCUT2D eigenvalue weighted by molar-refractivity contribution is -0.248. The molecule has 9 amide bonds. The van der Waals surface area contributed by atoms with Gasteiger partial charge < -0.3 is 51.6 Å². The molecule has 3 aromatic carbocycles. The summed E-state index contributed by atoms with van der Waals surface area (Å²) in [4.78, 5) is 131. The maximum Gasteiger partial charge on any atom is 0.407 e. The van der Waals surface area contributed by atoms with Gasteiger partial charge in [-0.25, -0.2) is 29.3 Å². The minimum absolute atomic E-state index is 0.00345. The number of carbonyl (C=O) groups excluding carboxylic acids is 8. The number of aromatic carboxylic acids is 1. The fourth-order valence-corrected chi connectivity index (χ4v) is 18.4. The third kappa shape index (κ3) is 18.4. The molecule has 0 saturated heterocycles. The molecule has 29 nitrogen and oxygen atoms in total. The van der Waals surface area contributed by atoms with Crippen molar-refractivity contribution in [1.82, 2.24) is 40.6 Å². The number of aromatic nitrogens is 4. The smallest absolute Gasteiger partial charge is 0.407 e. The van der Waals surface area contributed by atoms with Crippen molar-refractivity contribution in [2.45, 2.75) is 168 Å². The van der Waals surface area contributed by atoms with E-state index in [1.807, 2.05) is 40.8 Å². The quantitative estimate of drug-likeness (QED) is 0.0106. The number of ether oxygens (including phenoxy) is 3. The number of imide groups is 2. The standard InChI is InChI=1S/C75H93N13O16S2/c1-46(2)63(83-60(89)17-7-6-10-31-86-61(90)26-27-62(86)91)66(93)80-56(15-11-29-76)67(94)88(69(77)97)49-20-18-48(19-21-49)38-103-71(98)78-30-12-34-104-75-42-72(4)39-73(5,43-75)41-74(40-72,44-75)45-87-47(3)53(36-79-87)51-23-25-59(82-64(51)68(95)96)85-32-28-50-54(37-85)52(22-24-57(50)102-33-13-35-106(99,100)101)65(92)84-70-81-55-14-8-9-16-58(55)105-70/h8-9,14,16,18-27,36,46,56,63H,6-7,10-13,15,17,28-35,37-45,76H2,1-5H3,(H2,77,97)(H,78,98)(H,80,93)(H,83,89)(H,95,96)(H,81,84,92)(H,99,100,101)/t56-,63-,72?,73?,74?,75?/m0/s1. The first-order chi connectivity index (χ1) is 50.4. The molecule has 4 atom stereocenters. The van der Waals surface area contributed by atoms with Crippen LogP contribution in [0, 0.1) is 29.1 Å². The monoisotopic (exact) mass is 1500 g/mol. The highest BCUT2D eigenvalue weighted by Crippen LogP contribution is 2.72. The third-order valence-corrected chi connectivity index (χ3v) is 22.4. The summed E-state index contributed by atoms with van der Waals surface area (Å²) in [6.45, 7) is 12.2. The Morgan fingerprint density at radius 1 is 0.811 bits per heavy atom. The van der Waals surface area contributed by atoms with Gasteiger partial charge >= 0.3 is 18.1 Å². The number of carboxylic acids is 1. The van der Waals surface area contributed by atoms with Crippen LogP contribution in [0.5, 0.6) is 5.75 Å². The van der Waals surface area contributed by atoms with Gasteiger partial charge in [-0.15, -0.1) is 0 Å². The van der Waals surface area contributed by atoms with E-state index in [9.17, 15) is 61.2 Å². The topological polar surface area (TPSA) is 409 Å². The third-order valence-electron chi connectivity index (χ3n) is 20.6. The molecule has 6 aromatic rings. The zero-order chi connectivity index (χ0) is 75.9. The van der Waals surface area contributed by atoms with Crippen molar-refractivity contribution in [3.05, 3.63) is 125 Å². The van der Waals surface area contributed by atoms with Crippen LogP contribution in [0.2, 0.25) is 0 Å². The largest absolute Gasteiger partial charge is 0.493 e. The van der Waals surface area contributed by atoms with E-state index in [4.69, 9.17) is 35.8 Å². The Hall–Kier alpha value is -9.69. The van der Waals surface area contributed by atoms with Crippen LogP contribution in [-0.2, 0) is 69.7 Å². The van der Waals surface area contributed by atoms with Crippen LogP contribution < -0.4 is 47.3 Å². The van der Waals surface area contributed by atoms with Gasteiger partial charge in [0.15, 0.2) is 10.8 Å². The molecule has 10 N–H and O–H groups in total. The number of urea groups is 1. The van der Waals surface area contributed by atoms with Gasteiger partial charge in [0.1, 0.15) is 30.3 Å². The lowest BCUT2D eigenvalue weighted by Gasteiger charge is -2.69. The van der Waals surface area contributed by atoms with Crippen molar-refractivity contribution in [2.24, 2.45) is 33.6 Å². The SMILES string of the molecule is Cc1c(-c2ccc(N3CCc4c(OCCCS(=O)(=O)O)ccc(C(=O)Nc5nc6ccccc6s5)c4C3)nc2C(=O)O)cnn1CC12CC3(C)CC(C)(C1)CC(OCCCNC(=O)OCc1ccc(N(C(N)=O)C(=O)[C@H](CCCN)NC(=O)[C@@H](NC(=O)CCCCCN4C(=O)C=CC4=O)C(C)C)cc1)(C3)C2. The zero-order valence-electron chi connectivity index (χ0n) is 60.3. The predicted octanol–water partition coefficient (Wildman–Crippen LogP) is 8.75.